The van der Waals surface area contributed by atoms with Crippen LogP contribution in [-0.4, -0.2) is 48.1 Å². The molecule has 0 aliphatic carbocycles. The summed E-state index contributed by atoms with van der Waals surface area (Å²) >= 11 is 0. The molecule has 2 fully saturated rings. The molecule has 2 atom stereocenters. The molecule has 2 unspecified atom stereocenters. The summed E-state index contributed by atoms with van der Waals surface area (Å²) in [6, 6.07) is 0. The van der Waals surface area contributed by atoms with Gasteiger partial charge in [0.1, 0.15) is 0 Å². The molecule has 2 rings (SSSR count). The Kier molecular flexibility index (Phi) is 3.38. The molecule has 0 radical (unpaired) electrons. The average molecular weight is 240 g/mol. The Morgan fingerprint density at radius 2 is 2.24 bits per heavy atom. The Morgan fingerprint density at radius 3 is 2.76 bits per heavy atom. The van der Waals surface area contributed by atoms with E-state index in [1.165, 1.54) is 0 Å². The second-order valence-electron chi connectivity index (χ2n) is 5.42. The quantitative estimate of drug-likeness (QED) is 0.729. The van der Waals surface area contributed by atoms with Crippen molar-refractivity contribution in [2.75, 3.05) is 26.2 Å². The zero-order valence-corrected chi connectivity index (χ0v) is 10.2. The normalized spacial score (nSPS) is 33.7. The molecule has 5 nitrogen and oxygen atoms in total. The third-order valence-electron chi connectivity index (χ3n) is 3.95. The zero-order valence-electron chi connectivity index (χ0n) is 10.2. The van der Waals surface area contributed by atoms with Crippen molar-refractivity contribution >= 4 is 11.9 Å². The van der Waals surface area contributed by atoms with Crippen molar-refractivity contribution in [3.63, 3.8) is 0 Å². The number of aliphatic carboxylic acids is 1. The topological polar surface area (TPSA) is 69.6 Å². The van der Waals surface area contributed by atoms with Gasteiger partial charge in [-0.15, -0.1) is 0 Å². The number of nitrogens with one attached hydrogen (secondary N) is 1. The van der Waals surface area contributed by atoms with Gasteiger partial charge in [0.2, 0.25) is 5.91 Å². The molecule has 17 heavy (non-hydrogen) atoms. The molecule has 0 spiro atoms. The Labute approximate surface area is 101 Å². The first-order valence-electron chi connectivity index (χ1n) is 6.26. The molecule has 0 aromatic carbocycles. The fourth-order valence-corrected chi connectivity index (χ4v) is 2.64. The highest BCUT2D eigenvalue weighted by Crippen LogP contribution is 2.31. The highest BCUT2D eigenvalue weighted by Gasteiger charge is 2.43. The molecule has 2 N–H and O–H groups in total. The highest BCUT2D eigenvalue weighted by molar-refractivity contribution is 5.82. The molecule has 0 aromatic rings. The van der Waals surface area contributed by atoms with Gasteiger partial charge in [0, 0.05) is 19.6 Å². The first-order valence-corrected chi connectivity index (χ1v) is 6.26. The van der Waals surface area contributed by atoms with E-state index in [2.05, 4.69) is 5.32 Å². The van der Waals surface area contributed by atoms with Crippen LogP contribution in [0.4, 0.5) is 0 Å². The molecule has 2 aliphatic heterocycles. The van der Waals surface area contributed by atoms with Gasteiger partial charge in [-0.05, 0) is 32.7 Å². The number of hydrogen-bond acceptors (Lipinski definition) is 3. The molecule has 1 amide bonds. The van der Waals surface area contributed by atoms with Crippen molar-refractivity contribution in [1.82, 2.24) is 10.2 Å². The minimum absolute atomic E-state index is 0.0416. The standard InChI is InChI=1S/C12H20N2O3/c1-12(11(16)17)4-6-14(8-12)10(15)9-3-2-5-13-7-9/h9,13H,2-8H2,1H3,(H,16,17). The lowest BCUT2D eigenvalue weighted by molar-refractivity contribution is -0.147. The summed E-state index contributed by atoms with van der Waals surface area (Å²) < 4.78 is 0. The minimum Gasteiger partial charge on any atom is -0.481 e. The van der Waals surface area contributed by atoms with Crippen molar-refractivity contribution in [2.24, 2.45) is 11.3 Å². The number of nitrogens with zero attached hydrogens (tertiary/aromatic N) is 1. The molecule has 2 aliphatic rings. The summed E-state index contributed by atoms with van der Waals surface area (Å²) in [6.07, 6.45) is 2.51. The number of carboxylic acid groups (broad SMARTS) is 1. The summed E-state index contributed by atoms with van der Waals surface area (Å²) in [6.45, 7) is 4.38. The molecule has 0 saturated carbocycles. The Morgan fingerprint density at radius 1 is 1.47 bits per heavy atom. The summed E-state index contributed by atoms with van der Waals surface area (Å²) in [5.41, 5.74) is -0.752. The van der Waals surface area contributed by atoms with E-state index in [-0.39, 0.29) is 11.8 Å². The molecule has 96 valence electrons. The van der Waals surface area contributed by atoms with Crippen LogP contribution in [0, 0.1) is 11.3 Å². The van der Waals surface area contributed by atoms with Gasteiger partial charge in [-0.1, -0.05) is 0 Å². The van der Waals surface area contributed by atoms with E-state index in [9.17, 15) is 9.59 Å². The van der Waals surface area contributed by atoms with Crippen LogP contribution in [0.1, 0.15) is 26.2 Å². The third-order valence-corrected chi connectivity index (χ3v) is 3.95. The number of piperidine rings is 1. The number of rotatable bonds is 2. The monoisotopic (exact) mass is 240 g/mol. The minimum atomic E-state index is -0.797. The van der Waals surface area contributed by atoms with Crippen LogP contribution in [0.25, 0.3) is 0 Å². The van der Waals surface area contributed by atoms with Crippen LogP contribution in [0.15, 0.2) is 0 Å². The Hall–Kier alpha value is -1.10. The van der Waals surface area contributed by atoms with E-state index in [1.54, 1.807) is 11.8 Å². The zero-order chi connectivity index (χ0) is 12.5. The second-order valence-corrected chi connectivity index (χ2v) is 5.42. The predicted octanol–water partition coefficient (Wildman–Crippen LogP) is 0.309. The smallest absolute Gasteiger partial charge is 0.311 e. The fraction of sp³-hybridized carbons (Fsp3) is 0.833. The summed E-state index contributed by atoms with van der Waals surface area (Å²) in [4.78, 5) is 25.0. The van der Waals surface area contributed by atoms with E-state index >= 15 is 0 Å². The highest BCUT2D eigenvalue weighted by atomic mass is 16.4. The van der Waals surface area contributed by atoms with Gasteiger partial charge < -0.3 is 15.3 Å². The van der Waals surface area contributed by atoms with E-state index in [0.717, 1.165) is 25.9 Å². The number of amides is 1. The van der Waals surface area contributed by atoms with Crippen molar-refractivity contribution in [3.05, 3.63) is 0 Å². The van der Waals surface area contributed by atoms with Gasteiger partial charge >= 0.3 is 5.97 Å². The first kappa shape index (κ1) is 12.4. The van der Waals surface area contributed by atoms with Gasteiger partial charge in [0.05, 0.1) is 11.3 Å². The van der Waals surface area contributed by atoms with Crippen LogP contribution >= 0.6 is 0 Å². The SMILES string of the molecule is CC1(C(=O)O)CCN(C(=O)C2CCCNC2)C1. The van der Waals surface area contributed by atoms with E-state index in [0.29, 0.717) is 19.5 Å². The molecule has 2 heterocycles. The van der Waals surface area contributed by atoms with Gasteiger partial charge in [-0.3, -0.25) is 9.59 Å². The van der Waals surface area contributed by atoms with Crippen LogP contribution in [-0.2, 0) is 9.59 Å². The molecule has 0 bridgehead atoms. The van der Waals surface area contributed by atoms with E-state index in [1.807, 2.05) is 0 Å². The number of likely N-dealkylation sites (tertiary alicyclic amines) is 1. The first-order chi connectivity index (χ1) is 8.03. The molecule has 5 heteroatoms. The number of carboxylic acids is 1. The van der Waals surface area contributed by atoms with Crippen molar-refractivity contribution in [1.29, 1.82) is 0 Å². The van der Waals surface area contributed by atoms with Crippen LogP contribution < -0.4 is 5.32 Å². The molecular weight excluding hydrogens is 220 g/mol. The summed E-state index contributed by atoms with van der Waals surface area (Å²) in [7, 11) is 0. The Balaban J connectivity index is 1.95. The summed E-state index contributed by atoms with van der Waals surface area (Å²) in [5.74, 6) is -0.628. The maximum Gasteiger partial charge on any atom is 0.311 e. The largest absolute Gasteiger partial charge is 0.481 e. The van der Waals surface area contributed by atoms with Gasteiger partial charge in [0.25, 0.3) is 0 Å². The lowest BCUT2D eigenvalue weighted by atomic mass is 9.90. The summed E-state index contributed by atoms with van der Waals surface area (Å²) in [5, 5.41) is 12.4. The van der Waals surface area contributed by atoms with Gasteiger partial charge in [-0.25, -0.2) is 0 Å². The predicted molar refractivity (Wildman–Crippen MR) is 62.5 cm³/mol. The van der Waals surface area contributed by atoms with E-state index in [4.69, 9.17) is 5.11 Å². The lowest BCUT2D eigenvalue weighted by Gasteiger charge is -2.27. The molecule has 0 aromatic heterocycles. The molecule has 2 saturated heterocycles. The number of hydrogen-bond donors (Lipinski definition) is 2. The number of carbonyl (C=O) groups excluding carboxylic acids is 1. The average Bonchev–Trinajstić information content (AvgIpc) is 2.74. The molecular formula is C12H20N2O3. The second kappa shape index (κ2) is 4.64. The van der Waals surface area contributed by atoms with Crippen LogP contribution in [0.2, 0.25) is 0 Å². The van der Waals surface area contributed by atoms with Gasteiger partial charge in [0.15, 0.2) is 0 Å². The third kappa shape index (κ3) is 2.44. The Bertz CT molecular complexity index is 326. The van der Waals surface area contributed by atoms with Gasteiger partial charge in [-0.2, -0.15) is 0 Å². The van der Waals surface area contributed by atoms with Crippen LogP contribution in [0.3, 0.4) is 0 Å². The van der Waals surface area contributed by atoms with Crippen molar-refractivity contribution in [3.8, 4) is 0 Å². The van der Waals surface area contributed by atoms with Crippen molar-refractivity contribution in [2.45, 2.75) is 26.2 Å². The van der Waals surface area contributed by atoms with Crippen LogP contribution in [0.5, 0.6) is 0 Å². The van der Waals surface area contributed by atoms with Crippen molar-refractivity contribution < 1.29 is 14.7 Å². The number of carbonyl (C=O) groups is 2. The maximum atomic E-state index is 12.2. The lowest BCUT2D eigenvalue weighted by Crippen LogP contribution is -2.43. The fourth-order valence-electron chi connectivity index (χ4n) is 2.64. The van der Waals surface area contributed by atoms with E-state index < -0.39 is 11.4 Å². The maximum absolute atomic E-state index is 12.2.